The highest BCUT2D eigenvalue weighted by atomic mass is 127. The molecule has 0 atom stereocenters. The molecule has 3 rings (SSSR count). The minimum atomic E-state index is -1.04. The standard InChI is InChI=1S/C18H13IN2O5/c19-13-7-11(5-6-15(13)25-10-17(22)23)9-20-21-18(24)16-8-12-3-1-2-4-14(12)26-16/h1-9H,10H2,(H,21,24)(H,22,23)/b20-9+. The number of carbonyl (C=O) groups is 2. The van der Waals surface area contributed by atoms with Gasteiger partial charge in [-0.05, 0) is 58.5 Å². The van der Waals surface area contributed by atoms with Crippen LogP contribution in [0.15, 0.2) is 58.0 Å². The number of carboxylic acid groups (broad SMARTS) is 1. The van der Waals surface area contributed by atoms with Gasteiger partial charge in [0, 0.05) is 5.39 Å². The lowest BCUT2D eigenvalue weighted by molar-refractivity contribution is -0.139. The number of hydrogen-bond acceptors (Lipinski definition) is 5. The predicted molar refractivity (Wildman–Crippen MR) is 104 cm³/mol. The van der Waals surface area contributed by atoms with Crippen molar-refractivity contribution >= 4 is 51.7 Å². The molecule has 0 unspecified atom stereocenters. The number of hydrazone groups is 1. The van der Waals surface area contributed by atoms with E-state index in [9.17, 15) is 9.59 Å². The third-order valence-corrected chi connectivity index (χ3v) is 4.18. The fourth-order valence-electron chi connectivity index (χ4n) is 2.17. The number of carbonyl (C=O) groups excluding carboxylic acids is 1. The second kappa shape index (κ2) is 8.00. The van der Waals surface area contributed by atoms with E-state index >= 15 is 0 Å². The van der Waals surface area contributed by atoms with Crippen LogP contribution in [0.4, 0.5) is 0 Å². The van der Waals surface area contributed by atoms with Crippen molar-refractivity contribution in [3.05, 3.63) is 63.4 Å². The van der Waals surface area contributed by atoms with Crippen molar-refractivity contribution in [1.82, 2.24) is 5.43 Å². The number of aliphatic carboxylic acids is 1. The molecule has 0 saturated carbocycles. The first-order valence-electron chi connectivity index (χ1n) is 7.49. The van der Waals surface area contributed by atoms with Gasteiger partial charge in [0.1, 0.15) is 11.3 Å². The van der Waals surface area contributed by atoms with Crippen molar-refractivity contribution in [3.8, 4) is 5.75 Å². The quantitative estimate of drug-likeness (QED) is 0.332. The molecule has 0 aliphatic carbocycles. The van der Waals surface area contributed by atoms with Crippen LogP contribution in [-0.4, -0.2) is 29.8 Å². The molecule has 2 aromatic carbocycles. The third kappa shape index (κ3) is 4.39. The first-order chi connectivity index (χ1) is 12.5. The molecule has 0 aliphatic rings. The number of para-hydroxylation sites is 1. The second-order valence-electron chi connectivity index (χ2n) is 5.22. The van der Waals surface area contributed by atoms with Crippen molar-refractivity contribution < 1.29 is 23.8 Å². The van der Waals surface area contributed by atoms with Gasteiger partial charge in [-0.3, -0.25) is 4.79 Å². The minimum absolute atomic E-state index is 0.176. The van der Waals surface area contributed by atoms with Crippen LogP contribution in [0, 0.1) is 3.57 Å². The molecule has 2 N–H and O–H groups in total. The highest BCUT2D eigenvalue weighted by molar-refractivity contribution is 14.1. The second-order valence-corrected chi connectivity index (χ2v) is 6.38. The fourth-order valence-corrected chi connectivity index (χ4v) is 2.86. The number of ether oxygens (including phenoxy) is 1. The van der Waals surface area contributed by atoms with E-state index in [0.717, 1.165) is 14.5 Å². The van der Waals surface area contributed by atoms with E-state index in [0.29, 0.717) is 11.3 Å². The van der Waals surface area contributed by atoms with Crippen molar-refractivity contribution in [2.45, 2.75) is 0 Å². The van der Waals surface area contributed by atoms with Crippen LogP contribution < -0.4 is 10.2 Å². The Morgan fingerprint density at radius 1 is 1.23 bits per heavy atom. The number of fused-ring (bicyclic) bond motifs is 1. The topological polar surface area (TPSA) is 101 Å². The molecule has 1 heterocycles. The Morgan fingerprint density at radius 2 is 2.04 bits per heavy atom. The Balaban J connectivity index is 1.63. The van der Waals surface area contributed by atoms with Crippen molar-refractivity contribution in [2.75, 3.05) is 6.61 Å². The molecule has 0 saturated heterocycles. The lowest BCUT2D eigenvalue weighted by atomic mass is 10.2. The molecule has 0 aliphatic heterocycles. The van der Waals surface area contributed by atoms with E-state index in [2.05, 4.69) is 10.5 Å². The van der Waals surface area contributed by atoms with E-state index < -0.39 is 18.5 Å². The van der Waals surface area contributed by atoms with Gasteiger partial charge >= 0.3 is 11.9 Å². The molecule has 1 aromatic heterocycles. The lowest BCUT2D eigenvalue weighted by Crippen LogP contribution is -2.16. The number of halogens is 1. The zero-order valence-electron chi connectivity index (χ0n) is 13.3. The monoisotopic (exact) mass is 464 g/mol. The predicted octanol–water partition coefficient (Wildman–Crippen LogP) is 3.26. The van der Waals surface area contributed by atoms with Crippen molar-refractivity contribution in [2.24, 2.45) is 5.10 Å². The van der Waals surface area contributed by atoms with Gasteiger partial charge < -0.3 is 14.3 Å². The highest BCUT2D eigenvalue weighted by Crippen LogP contribution is 2.21. The van der Waals surface area contributed by atoms with Crippen LogP contribution in [0.1, 0.15) is 16.1 Å². The average Bonchev–Trinajstić information content (AvgIpc) is 3.05. The van der Waals surface area contributed by atoms with Gasteiger partial charge in [0.2, 0.25) is 0 Å². The largest absolute Gasteiger partial charge is 0.481 e. The number of nitrogens with one attached hydrogen (secondary N) is 1. The Hall–Kier alpha value is -2.88. The van der Waals surface area contributed by atoms with Crippen LogP contribution in [0.2, 0.25) is 0 Å². The van der Waals surface area contributed by atoms with Gasteiger partial charge in [-0.15, -0.1) is 0 Å². The van der Waals surface area contributed by atoms with Crippen LogP contribution in [0.5, 0.6) is 5.75 Å². The van der Waals surface area contributed by atoms with Crippen LogP contribution in [0.25, 0.3) is 11.0 Å². The summed E-state index contributed by atoms with van der Waals surface area (Å²) in [6.07, 6.45) is 1.48. The van der Waals surface area contributed by atoms with E-state index in [1.54, 1.807) is 30.3 Å². The zero-order chi connectivity index (χ0) is 18.5. The lowest BCUT2D eigenvalue weighted by Gasteiger charge is -2.06. The fraction of sp³-hybridized carbons (Fsp3) is 0.0556. The summed E-state index contributed by atoms with van der Waals surface area (Å²) in [7, 11) is 0. The Morgan fingerprint density at radius 3 is 2.77 bits per heavy atom. The summed E-state index contributed by atoms with van der Waals surface area (Å²) < 4.78 is 11.3. The maximum absolute atomic E-state index is 12.1. The summed E-state index contributed by atoms with van der Waals surface area (Å²) in [6, 6.07) is 14.1. The number of furan rings is 1. The van der Waals surface area contributed by atoms with Gasteiger partial charge in [-0.2, -0.15) is 5.10 Å². The highest BCUT2D eigenvalue weighted by Gasteiger charge is 2.11. The maximum atomic E-state index is 12.1. The molecule has 0 bridgehead atoms. The van der Waals surface area contributed by atoms with E-state index in [1.165, 1.54) is 6.21 Å². The summed E-state index contributed by atoms with van der Waals surface area (Å²) >= 11 is 2.03. The molecular formula is C18H13IN2O5. The van der Waals surface area contributed by atoms with Gasteiger partial charge in [0.15, 0.2) is 12.4 Å². The first-order valence-corrected chi connectivity index (χ1v) is 8.57. The number of nitrogens with zero attached hydrogens (tertiary/aromatic N) is 1. The van der Waals surface area contributed by atoms with E-state index in [-0.39, 0.29) is 5.76 Å². The van der Waals surface area contributed by atoms with Crippen LogP contribution in [-0.2, 0) is 4.79 Å². The average molecular weight is 464 g/mol. The molecule has 7 nitrogen and oxygen atoms in total. The molecule has 8 heteroatoms. The number of amides is 1. The zero-order valence-corrected chi connectivity index (χ0v) is 15.5. The summed E-state index contributed by atoms with van der Waals surface area (Å²) in [4.78, 5) is 22.6. The number of hydrogen-bond donors (Lipinski definition) is 2. The minimum Gasteiger partial charge on any atom is -0.481 e. The summed E-state index contributed by atoms with van der Waals surface area (Å²) in [5, 5.41) is 13.4. The summed E-state index contributed by atoms with van der Waals surface area (Å²) in [5.41, 5.74) is 3.76. The normalized spacial score (nSPS) is 11.0. The molecular weight excluding hydrogens is 451 g/mol. The smallest absolute Gasteiger partial charge is 0.341 e. The van der Waals surface area contributed by atoms with Gasteiger partial charge in [-0.25, -0.2) is 10.2 Å². The third-order valence-electron chi connectivity index (χ3n) is 3.34. The molecule has 0 radical (unpaired) electrons. The Kier molecular flexibility index (Phi) is 5.52. The summed E-state index contributed by atoms with van der Waals surface area (Å²) in [5.74, 6) is -0.847. The molecule has 1 amide bonds. The van der Waals surface area contributed by atoms with E-state index in [1.807, 2.05) is 40.8 Å². The SMILES string of the molecule is O=C(O)COc1ccc(/C=N/NC(=O)c2cc3ccccc3o2)cc1I. The molecule has 0 spiro atoms. The Bertz CT molecular complexity index is 963. The van der Waals surface area contributed by atoms with Gasteiger partial charge in [0.25, 0.3) is 0 Å². The maximum Gasteiger partial charge on any atom is 0.341 e. The Labute approximate surface area is 161 Å². The number of rotatable bonds is 6. The first kappa shape index (κ1) is 17.9. The molecule has 132 valence electrons. The number of benzene rings is 2. The summed E-state index contributed by atoms with van der Waals surface area (Å²) in [6.45, 7) is -0.406. The van der Waals surface area contributed by atoms with Crippen LogP contribution in [0.3, 0.4) is 0 Å². The molecule has 0 fully saturated rings. The van der Waals surface area contributed by atoms with Crippen molar-refractivity contribution in [1.29, 1.82) is 0 Å². The number of carboxylic acids is 1. The van der Waals surface area contributed by atoms with Gasteiger partial charge in [-0.1, -0.05) is 18.2 Å². The van der Waals surface area contributed by atoms with Gasteiger partial charge in [0.05, 0.1) is 9.78 Å². The molecule has 3 aromatic rings. The van der Waals surface area contributed by atoms with E-state index in [4.69, 9.17) is 14.3 Å². The molecule has 26 heavy (non-hydrogen) atoms. The van der Waals surface area contributed by atoms with Crippen LogP contribution >= 0.6 is 22.6 Å². The van der Waals surface area contributed by atoms with Crippen molar-refractivity contribution in [3.63, 3.8) is 0 Å².